The third-order valence-corrected chi connectivity index (χ3v) is 8.48. The van der Waals surface area contributed by atoms with Gasteiger partial charge in [-0.2, -0.15) is 0 Å². The van der Waals surface area contributed by atoms with Crippen LogP contribution in [0.25, 0.3) is 20.9 Å². The second-order valence-electron chi connectivity index (χ2n) is 8.71. The van der Waals surface area contributed by atoms with Crippen molar-refractivity contribution >= 4 is 43.9 Å². The highest BCUT2D eigenvalue weighted by Crippen LogP contribution is 2.50. The second-order valence-corrected chi connectivity index (χ2v) is 10.9. The Balaban J connectivity index is 1.27. The van der Waals surface area contributed by atoms with Crippen LogP contribution in [0.1, 0.15) is 34.8 Å². The van der Waals surface area contributed by atoms with Crippen LogP contribution in [0.3, 0.4) is 0 Å². The molecule has 1 aliphatic carbocycles. The molecule has 1 aromatic carbocycles. The minimum Gasteiger partial charge on any atom is -0.359 e. The molecular formula is C23H21FN6OS2. The van der Waals surface area contributed by atoms with E-state index in [2.05, 4.69) is 25.3 Å². The number of piperidine rings is 2. The summed E-state index contributed by atoms with van der Waals surface area (Å²) in [5.41, 5.74) is 0.939. The SMILES string of the molecule is Cc1nc(C(=O)N2CCC3CC2(CNc2nc4ccc(F)cc4s2)C3)c(-c2ncccn2)s1. The van der Waals surface area contributed by atoms with Gasteiger partial charge in [-0.3, -0.25) is 4.79 Å². The van der Waals surface area contributed by atoms with E-state index in [4.69, 9.17) is 0 Å². The molecule has 2 saturated heterocycles. The maximum absolute atomic E-state index is 13.8. The number of carbonyl (C=O) groups excluding carboxylic acids is 1. The van der Waals surface area contributed by atoms with Crippen LogP contribution in [-0.4, -0.2) is 49.4 Å². The Morgan fingerprint density at radius 2 is 2.06 bits per heavy atom. The zero-order valence-electron chi connectivity index (χ0n) is 17.9. The number of thiazole rings is 2. The molecule has 7 nitrogen and oxygen atoms in total. The fraction of sp³-hybridized carbons (Fsp3) is 0.348. The van der Waals surface area contributed by atoms with Gasteiger partial charge in [-0.05, 0) is 56.4 Å². The molecule has 2 aliphatic heterocycles. The van der Waals surface area contributed by atoms with Crippen LogP contribution in [0.4, 0.5) is 9.52 Å². The lowest BCUT2D eigenvalue weighted by Crippen LogP contribution is -2.67. The van der Waals surface area contributed by atoms with E-state index in [9.17, 15) is 9.18 Å². The monoisotopic (exact) mass is 480 g/mol. The number of aryl methyl sites for hydroxylation is 1. The second kappa shape index (κ2) is 7.81. The van der Waals surface area contributed by atoms with Crippen molar-refractivity contribution in [2.24, 2.45) is 5.92 Å². The van der Waals surface area contributed by atoms with Crippen LogP contribution in [0.15, 0.2) is 36.7 Å². The summed E-state index contributed by atoms with van der Waals surface area (Å²) in [5, 5.41) is 5.00. The molecule has 10 heteroatoms. The predicted octanol–water partition coefficient (Wildman–Crippen LogP) is 4.76. The number of aromatic nitrogens is 4. The van der Waals surface area contributed by atoms with Gasteiger partial charge in [0, 0.05) is 25.5 Å². The van der Waals surface area contributed by atoms with E-state index >= 15 is 0 Å². The summed E-state index contributed by atoms with van der Waals surface area (Å²) < 4.78 is 14.4. The number of halogens is 1. The highest BCUT2D eigenvalue weighted by atomic mass is 32.1. The zero-order valence-corrected chi connectivity index (χ0v) is 19.5. The topological polar surface area (TPSA) is 83.9 Å². The fourth-order valence-electron chi connectivity index (χ4n) is 5.03. The normalized spacial score (nSPS) is 21.8. The molecule has 4 aromatic rings. The smallest absolute Gasteiger partial charge is 0.274 e. The first-order valence-electron chi connectivity index (χ1n) is 10.9. The lowest BCUT2D eigenvalue weighted by molar-refractivity contribution is -0.0489. The first-order valence-corrected chi connectivity index (χ1v) is 12.5. The molecule has 7 rings (SSSR count). The maximum Gasteiger partial charge on any atom is 0.274 e. The van der Waals surface area contributed by atoms with Gasteiger partial charge < -0.3 is 10.2 Å². The van der Waals surface area contributed by atoms with Gasteiger partial charge in [-0.1, -0.05) is 11.3 Å². The molecule has 1 amide bonds. The van der Waals surface area contributed by atoms with Gasteiger partial charge >= 0.3 is 0 Å². The number of carbonyl (C=O) groups is 1. The first-order chi connectivity index (χ1) is 16.0. The Kier molecular flexibility index (Phi) is 4.88. The van der Waals surface area contributed by atoms with Crippen LogP contribution in [0.2, 0.25) is 0 Å². The van der Waals surface area contributed by atoms with Crippen molar-refractivity contribution in [3.05, 3.63) is 53.2 Å². The number of fused-ring (bicyclic) bond motifs is 3. The Labute approximate surface area is 197 Å². The zero-order chi connectivity index (χ0) is 22.6. The number of rotatable bonds is 5. The number of anilines is 1. The van der Waals surface area contributed by atoms with Gasteiger partial charge in [0.25, 0.3) is 5.91 Å². The fourth-order valence-corrected chi connectivity index (χ4v) is 6.77. The van der Waals surface area contributed by atoms with Gasteiger partial charge in [0.1, 0.15) is 10.7 Å². The van der Waals surface area contributed by atoms with Gasteiger partial charge in [-0.15, -0.1) is 11.3 Å². The van der Waals surface area contributed by atoms with Crippen LogP contribution < -0.4 is 5.32 Å². The molecule has 3 aliphatic rings. The first kappa shape index (κ1) is 20.6. The molecule has 0 unspecified atom stereocenters. The van der Waals surface area contributed by atoms with E-state index in [0.717, 1.165) is 44.5 Å². The van der Waals surface area contributed by atoms with Gasteiger partial charge in [0.05, 0.1) is 20.8 Å². The summed E-state index contributed by atoms with van der Waals surface area (Å²) in [6.07, 6.45) is 6.29. The van der Waals surface area contributed by atoms with Crippen LogP contribution in [0.5, 0.6) is 0 Å². The van der Waals surface area contributed by atoms with E-state index in [0.29, 0.717) is 30.5 Å². The minimum atomic E-state index is -0.268. The minimum absolute atomic E-state index is 0.0619. The summed E-state index contributed by atoms with van der Waals surface area (Å²) in [5.74, 6) is 0.852. The lowest BCUT2D eigenvalue weighted by Gasteiger charge is -2.59. The third-order valence-electron chi connectivity index (χ3n) is 6.54. The quantitative estimate of drug-likeness (QED) is 0.443. The van der Waals surface area contributed by atoms with Crippen molar-refractivity contribution in [2.75, 3.05) is 18.4 Å². The molecule has 5 heterocycles. The molecule has 1 N–H and O–H groups in total. The van der Waals surface area contributed by atoms with Crippen molar-refractivity contribution in [1.82, 2.24) is 24.8 Å². The Morgan fingerprint density at radius 3 is 2.88 bits per heavy atom. The molecule has 3 fully saturated rings. The third kappa shape index (κ3) is 3.57. The number of hydrogen-bond acceptors (Lipinski definition) is 8. The Bertz CT molecular complexity index is 1350. The summed E-state index contributed by atoms with van der Waals surface area (Å²) >= 11 is 2.88. The lowest BCUT2D eigenvalue weighted by atomic mass is 9.62. The van der Waals surface area contributed by atoms with E-state index in [1.807, 2.05) is 11.8 Å². The Hall–Kier alpha value is -2.98. The van der Waals surface area contributed by atoms with Crippen molar-refractivity contribution < 1.29 is 9.18 Å². The van der Waals surface area contributed by atoms with Crippen molar-refractivity contribution in [2.45, 2.75) is 31.7 Å². The standard InChI is InChI=1S/C23H21FN6OS2/c1-13-28-18(19(32-13)20-25-6-2-7-26-20)21(31)30-8-5-14-10-23(30,11-14)12-27-22-29-16-4-3-15(24)9-17(16)33-22/h2-4,6-7,9,14H,5,8,10-12H2,1H3,(H,27,29). The van der Waals surface area contributed by atoms with E-state index in [1.165, 1.54) is 34.8 Å². The average Bonchev–Trinajstić information content (AvgIpc) is 3.40. The van der Waals surface area contributed by atoms with Crippen LogP contribution >= 0.6 is 22.7 Å². The highest BCUT2D eigenvalue weighted by Gasteiger charge is 2.54. The molecular weight excluding hydrogens is 459 g/mol. The molecule has 0 spiro atoms. The van der Waals surface area contributed by atoms with Crippen molar-refractivity contribution in [3.63, 3.8) is 0 Å². The summed E-state index contributed by atoms with van der Waals surface area (Å²) in [7, 11) is 0. The van der Waals surface area contributed by atoms with E-state index in [1.54, 1.807) is 24.5 Å². The molecule has 0 atom stereocenters. The number of nitrogens with one attached hydrogen (secondary N) is 1. The number of amides is 1. The number of nitrogens with zero attached hydrogens (tertiary/aromatic N) is 5. The van der Waals surface area contributed by atoms with Crippen LogP contribution in [0, 0.1) is 18.7 Å². The number of hydrogen-bond donors (Lipinski definition) is 1. The molecule has 168 valence electrons. The number of benzene rings is 1. The average molecular weight is 481 g/mol. The summed E-state index contributed by atoms with van der Waals surface area (Å²) in [6, 6.07) is 6.38. The van der Waals surface area contributed by atoms with Gasteiger partial charge in [0.15, 0.2) is 16.6 Å². The van der Waals surface area contributed by atoms with E-state index < -0.39 is 0 Å². The highest BCUT2D eigenvalue weighted by molar-refractivity contribution is 7.22. The molecule has 3 aromatic heterocycles. The molecule has 33 heavy (non-hydrogen) atoms. The van der Waals surface area contributed by atoms with Crippen molar-refractivity contribution in [1.29, 1.82) is 0 Å². The van der Waals surface area contributed by atoms with Gasteiger partial charge in [-0.25, -0.2) is 24.3 Å². The molecule has 0 radical (unpaired) electrons. The molecule has 1 saturated carbocycles. The van der Waals surface area contributed by atoms with Gasteiger partial charge in [0.2, 0.25) is 0 Å². The van der Waals surface area contributed by atoms with Crippen LogP contribution in [-0.2, 0) is 0 Å². The van der Waals surface area contributed by atoms with E-state index in [-0.39, 0.29) is 17.3 Å². The molecule has 2 bridgehead atoms. The largest absolute Gasteiger partial charge is 0.359 e. The summed E-state index contributed by atoms with van der Waals surface area (Å²) in [4.78, 5) is 34.3. The maximum atomic E-state index is 13.8. The van der Waals surface area contributed by atoms with Crippen molar-refractivity contribution in [3.8, 4) is 10.7 Å². The Morgan fingerprint density at radius 1 is 1.24 bits per heavy atom. The summed E-state index contributed by atoms with van der Waals surface area (Å²) in [6.45, 7) is 3.22. The predicted molar refractivity (Wildman–Crippen MR) is 127 cm³/mol.